The molecule has 1 fully saturated rings. The molecule has 1 saturated heterocycles. The Morgan fingerprint density at radius 3 is 2.36 bits per heavy atom. The number of anilines is 3. The van der Waals surface area contributed by atoms with Crippen LogP contribution in [0.4, 0.5) is 43.9 Å². The summed E-state index contributed by atoms with van der Waals surface area (Å²) in [7, 11) is 0. The standard InChI is InChI=1S/C20H17F6N7/c1-11-6-8-33(10-11)18-31-16(13-3-2-4-14(29-13)19(21,22)23)30-17(32-18)28-12-5-7-27-15(9-12)20(24,25)26/h2-5,7,9,11H,6,8,10H2,1H3,(H,27,28,30,31,32). The molecule has 1 N–H and O–H groups in total. The van der Waals surface area contributed by atoms with E-state index in [9.17, 15) is 26.3 Å². The highest BCUT2D eigenvalue weighted by Gasteiger charge is 2.34. The fourth-order valence-electron chi connectivity index (χ4n) is 3.30. The summed E-state index contributed by atoms with van der Waals surface area (Å²) >= 11 is 0. The molecule has 174 valence electrons. The number of hydrogen-bond acceptors (Lipinski definition) is 7. The van der Waals surface area contributed by atoms with Gasteiger partial charge in [-0.25, -0.2) is 4.98 Å². The monoisotopic (exact) mass is 469 g/mol. The van der Waals surface area contributed by atoms with Crippen LogP contribution in [0.3, 0.4) is 0 Å². The Balaban J connectivity index is 1.75. The van der Waals surface area contributed by atoms with Gasteiger partial charge in [-0.15, -0.1) is 0 Å². The van der Waals surface area contributed by atoms with Crippen LogP contribution in [-0.4, -0.2) is 38.0 Å². The summed E-state index contributed by atoms with van der Waals surface area (Å²) < 4.78 is 78.3. The molecule has 0 saturated carbocycles. The van der Waals surface area contributed by atoms with Gasteiger partial charge in [0.1, 0.15) is 17.1 Å². The second-order valence-electron chi connectivity index (χ2n) is 7.58. The maximum Gasteiger partial charge on any atom is 0.433 e. The van der Waals surface area contributed by atoms with Crippen LogP contribution < -0.4 is 10.2 Å². The SMILES string of the molecule is CC1CCN(c2nc(Nc3ccnc(C(F)(F)F)c3)nc(-c3cccc(C(F)(F)F)n3)n2)C1. The van der Waals surface area contributed by atoms with Crippen LogP contribution in [0.25, 0.3) is 11.5 Å². The van der Waals surface area contributed by atoms with Crippen LogP contribution in [0.15, 0.2) is 36.5 Å². The van der Waals surface area contributed by atoms with Crippen LogP contribution in [0.5, 0.6) is 0 Å². The van der Waals surface area contributed by atoms with E-state index in [1.54, 1.807) is 0 Å². The van der Waals surface area contributed by atoms with E-state index in [4.69, 9.17) is 0 Å². The maximum absolute atomic E-state index is 13.1. The van der Waals surface area contributed by atoms with Gasteiger partial charge in [-0.2, -0.15) is 41.3 Å². The predicted molar refractivity (Wildman–Crippen MR) is 107 cm³/mol. The van der Waals surface area contributed by atoms with Gasteiger partial charge < -0.3 is 10.2 Å². The highest BCUT2D eigenvalue weighted by atomic mass is 19.4. The van der Waals surface area contributed by atoms with Crippen LogP contribution in [0.1, 0.15) is 24.7 Å². The molecular formula is C20H17F6N7. The number of halogens is 6. The first-order valence-corrected chi connectivity index (χ1v) is 9.85. The molecule has 0 bridgehead atoms. The number of nitrogens with zero attached hydrogens (tertiary/aromatic N) is 6. The molecule has 3 aromatic rings. The molecule has 13 heteroatoms. The third-order valence-electron chi connectivity index (χ3n) is 4.91. The predicted octanol–water partition coefficient (Wildman–Crippen LogP) is 4.96. The fourth-order valence-corrected chi connectivity index (χ4v) is 3.30. The van der Waals surface area contributed by atoms with E-state index in [1.165, 1.54) is 18.2 Å². The van der Waals surface area contributed by atoms with Crippen LogP contribution in [0.2, 0.25) is 0 Å². The molecule has 1 aliphatic rings. The Labute approximate surface area is 183 Å². The average molecular weight is 469 g/mol. The minimum atomic E-state index is -4.66. The number of aromatic nitrogens is 5. The lowest BCUT2D eigenvalue weighted by atomic mass is 10.2. The van der Waals surface area contributed by atoms with Gasteiger partial charge in [-0.3, -0.25) is 4.98 Å². The highest BCUT2D eigenvalue weighted by Crippen LogP contribution is 2.31. The normalized spacial score (nSPS) is 16.8. The highest BCUT2D eigenvalue weighted by molar-refractivity contribution is 5.59. The quantitative estimate of drug-likeness (QED) is 0.542. The van der Waals surface area contributed by atoms with Gasteiger partial charge >= 0.3 is 12.4 Å². The lowest BCUT2D eigenvalue weighted by Gasteiger charge is -2.18. The first kappa shape index (κ1) is 22.7. The van der Waals surface area contributed by atoms with Crippen molar-refractivity contribution in [1.82, 2.24) is 24.9 Å². The molecule has 3 aromatic heterocycles. The smallest absolute Gasteiger partial charge is 0.340 e. The molecule has 1 atom stereocenters. The molecule has 0 spiro atoms. The zero-order chi connectivity index (χ0) is 23.8. The summed E-state index contributed by atoms with van der Waals surface area (Å²) in [6.07, 6.45) is -7.47. The Bertz CT molecular complexity index is 1150. The van der Waals surface area contributed by atoms with Crippen molar-refractivity contribution in [2.45, 2.75) is 25.7 Å². The van der Waals surface area contributed by atoms with E-state index in [0.717, 1.165) is 24.8 Å². The van der Waals surface area contributed by atoms with E-state index in [2.05, 4.69) is 30.2 Å². The van der Waals surface area contributed by atoms with Gasteiger partial charge in [-0.1, -0.05) is 13.0 Å². The molecule has 1 unspecified atom stereocenters. The summed E-state index contributed by atoms with van der Waals surface area (Å²) in [6, 6.07) is 5.39. The third kappa shape index (κ3) is 5.29. The van der Waals surface area contributed by atoms with Crippen molar-refractivity contribution < 1.29 is 26.3 Å². The van der Waals surface area contributed by atoms with E-state index in [0.29, 0.717) is 19.0 Å². The molecule has 4 rings (SSSR count). The van der Waals surface area contributed by atoms with Crippen molar-refractivity contribution in [3.63, 3.8) is 0 Å². The Kier molecular flexibility index (Phi) is 5.80. The van der Waals surface area contributed by atoms with Crippen LogP contribution in [-0.2, 0) is 12.4 Å². The second-order valence-corrected chi connectivity index (χ2v) is 7.58. The summed E-state index contributed by atoms with van der Waals surface area (Å²) in [6.45, 7) is 3.27. The van der Waals surface area contributed by atoms with E-state index >= 15 is 0 Å². The molecule has 4 heterocycles. The first-order chi connectivity index (χ1) is 15.5. The maximum atomic E-state index is 13.1. The van der Waals surface area contributed by atoms with Crippen molar-refractivity contribution in [3.05, 3.63) is 47.9 Å². The zero-order valence-electron chi connectivity index (χ0n) is 17.1. The summed E-state index contributed by atoms with van der Waals surface area (Å²) in [5, 5.41) is 2.67. The van der Waals surface area contributed by atoms with Crippen molar-refractivity contribution in [2.75, 3.05) is 23.3 Å². The van der Waals surface area contributed by atoms with Gasteiger partial charge in [-0.05, 0) is 36.6 Å². The minimum absolute atomic E-state index is 0.00668. The van der Waals surface area contributed by atoms with E-state index in [1.807, 2.05) is 11.8 Å². The van der Waals surface area contributed by atoms with Crippen molar-refractivity contribution >= 4 is 17.6 Å². The molecule has 7 nitrogen and oxygen atoms in total. The second kappa shape index (κ2) is 8.45. The van der Waals surface area contributed by atoms with Gasteiger partial charge in [0.2, 0.25) is 11.9 Å². The average Bonchev–Trinajstić information content (AvgIpc) is 3.19. The molecule has 0 aliphatic carbocycles. The van der Waals surface area contributed by atoms with E-state index in [-0.39, 0.29) is 29.1 Å². The van der Waals surface area contributed by atoms with Crippen molar-refractivity contribution in [1.29, 1.82) is 0 Å². The summed E-state index contributed by atoms with van der Waals surface area (Å²) in [4.78, 5) is 21.4. The molecule has 1 aliphatic heterocycles. The zero-order valence-corrected chi connectivity index (χ0v) is 17.1. The fraction of sp³-hybridized carbons (Fsp3) is 0.350. The molecular weight excluding hydrogens is 452 g/mol. The lowest BCUT2D eigenvalue weighted by molar-refractivity contribution is -0.141. The van der Waals surface area contributed by atoms with Crippen LogP contribution in [0, 0.1) is 5.92 Å². The number of nitrogens with one attached hydrogen (secondary N) is 1. The Hall–Kier alpha value is -3.51. The van der Waals surface area contributed by atoms with Crippen LogP contribution >= 0.6 is 0 Å². The van der Waals surface area contributed by atoms with Gasteiger partial charge in [0.25, 0.3) is 0 Å². The van der Waals surface area contributed by atoms with Crippen molar-refractivity contribution in [2.24, 2.45) is 5.92 Å². The summed E-state index contributed by atoms with van der Waals surface area (Å²) in [5.74, 6) is 0.269. The number of pyridine rings is 2. The molecule has 0 amide bonds. The minimum Gasteiger partial charge on any atom is -0.340 e. The molecule has 0 radical (unpaired) electrons. The Morgan fingerprint density at radius 1 is 0.939 bits per heavy atom. The number of alkyl halides is 6. The first-order valence-electron chi connectivity index (χ1n) is 9.85. The number of rotatable bonds is 4. The van der Waals surface area contributed by atoms with Gasteiger partial charge in [0.05, 0.1) is 0 Å². The van der Waals surface area contributed by atoms with Crippen molar-refractivity contribution in [3.8, 4) is 11.5 Å². The van der Waals surface area contributed by atoms with Gasteiger partial charge in [0, 0.05) is 25.0 Å². The third-order valence-corrected chi connectivity index (χ3v) is 4.91. The van der Waals surface area contributed by atoms with Gasteiger partial charge in [0.15, 0.2) is 5.82 Å². The molecule has 0 aromatic carbocycles. The number of hydrogen-bond donors (Lipinski definition) is 1. The van der Waals surface area contributed by atoms with E-state index < -0.39 is 23.7 Å². The Morgan fingerprint density at radius 2 is 1.70 bits per heavy atom. The largest absolute Gasteiger partial charge is 0.433 e. The lowest BCUT2D eigenvalue weighted by Crippen LogP contribution is -2.23. The summed E-state index contributed by atoms with van der Waals surface area (Å²) in [5.41, 5.74) is -2.37. The topological polar surface area (TPSA) is 79.7 Å². The molecule has 33 heavy (non-hydrogen) atoms.